The fourth-order valence-corrected chi connectivity index (χ4v) is 2.27. The highest BCUT2D eigenvalue weighted by molar-refractivity contribution is 7.92. The molecule has 0 saturated heterocycles. The number of benzene rings is 2. The molecule has 2 aromatic carbocycles. The zero-order valence-corrected chi connectivity index (χ0v) is 11.6. The van der Waals surface area contributed by atoms with Crippen LogP contribution < -0.4 is 4.31 Å². The van der Waals surface area contributed by atoms with Crippen molar-refractivity contribution in [2.24, 2.45) is 0 Å². The van der Waals surface area contributed by atoms with E-state index in [9.17, 15) is 12.8 Å². The molecule has 0 spiro atoms. The minimum Gasteiger partial charge on any atom is -0.207 e. The maximum Gasteiger partial charge on any atom is 0.243 e. The molecule has 3 nitrogen and oxygen atoms in total. The Morgan fingerprint density at radius 2 is 1.60 bits per heavy atom. The normalized spacial score (nSPS) is 10.5. The fourth-order valence-electron chi connectivity index (χ4n) is 1.55. The molecule has 0 aliphatic rings. The number of halogens is 1. The first-order valence-corrected chi connectivity index (χ1v) is 7.64. The highest BCUT2D eigenvalue weighted by Gasteiger charge is 2.15. The van der Waals surface area contributed by atoms with Gasteiger partial charge in [0, 0.05) is 11.6 Å². The van der Waals surface area contributed by atoms with Crippen molar-refractivity contribution in [1.29, 1.82) is 0 Å². The lowest BCUT2D eigenvalue weighted by Crippen LogP contribution is -2.24. The standard InChI is InChI=1S/C15H12FNO2S/c1-20(18,19)17(15-9-7-14(16)8-10-15)12-11-13-5-3-2-4-6-13/h2-10H,1H3. The Morgan fingerprint density at radius 3 is 2.15 bits per heavy atom. The predicted molar refractivity (Wildman–Crippen MR) is 77.0 cm³/mol. The van der Waals surface area contributed by atoms with Crippen LogP contribution in [0.15, 0.2) is 54.6 Å². The van der Waals surface area contributed by atoms with Crippen molar-refractivity contribution >= 4 is 15.7 Å². The number of hydrogen-bond donors (Lipinski definition) is 0. The Morgan fingerprint density at radius 1 is 1.00 bits per heavy atom. The lowest BCUT2D eigenvalue weighted by molar-refractivity contribution is 0.602. The summed E-state index contributed by atoms with van der Waals surface area (Å²) in [6.45, 7) is 0. The van der Waals surface area contributed by atoms with Crippen LogP contribution in [0.1, 0.15) is 5.56 Å². The molecule has 102 valence electrons. The fraction of sp³-hybridized carbons (Fsp3) is 0.0667. The van der Waals surface area contributed by atoms with Crippen LogP contribution in [-0.2, 0) is 10.0 Å². The van der Waals surface area contributed by atoms with Gasteiger partial charge in [-0.2, -0.15) is 4.31 Å². The van der Waals surface area contributed by atoms with Crippen LogP contribution >= 0.6 is 0 Å². The van der Waals surface area contributed by atoms with E-state index in [0.717, 1.165) is 10.6 Å². The highest BCUT2D eigenvalue weighted by Crippen LogP contribution is 2.17. The van der Waals surface area contributed by atoms with E-state index in [4.69, 9.17) is 0 Å². The first kappa shape index (κ1) is 14.1. The van der Waals surface area contributed by atoms with E-state index in [1.807, 2.05) is 18.2 Å². The van der Waals surface area contributed by atoms with Gasteiger partial charge in [-0.15, -0.1) is 0 Å². The summed E-state index contributed by atoms with van der Waals surface area (Å²) in [6, 6.07) is 16.7. The van der Waals surface area contributed by atoms with Crippen molar-refractivity contribution in [1.82, 2.24) is 0 Å². The molecular formula is C15H12FNO2S. The second-order valence-electron chi connectivity index (χ2n) is 4.11. The van der Waals surface area contributed by atoms with Crippen molar-refractivity contribution in [2.45, 2.75) is 0 Å². The largest absolute Gasteiger partial charge is 0.243 e. The number of sulfonamides is 1. The molecule has 0 N–H and O–H groups in total. The van der Waals surface area contributed by atoms with Crippen molar-refractivity contribution in [3.05, 3.63) is 66.0 Å². The van der Waals surface area contributed by atoms with Gasteiger partial charge in [0.1, 0.15) is 5.82 Å². The summed E-state index contributed by atoms with van der Waals surface area (Å²) in [5.41, 5.74) is 1.00. The molecule has 0 saturated carbocycles. The van der Waals surface area contributed by atoms with Crippen LogP contribution in [0.25, 0.3) is 0 Å². The zero-order chi connectivity index (χ0) is 14.6. The summed E-state index contributed by atoms with van der Waals surface area (Å²) in [5.74, 6) is 2.34. The molecule has 0 bridgehead atoms. The Labute approximate surface area is 117 Å². The topological polar surface area (TPSA) is 37.4 Å². The van der Waals surface area contributed by atoms with E-state index in [2.05, 4.69) is 12.0 Å². The van der Waals surface area contributed by atoms with Crippen molar-refractivity contribution in [3.8, 4) is 12.0 Å². The van der Waals surface area contributed by atoms with Gasteiger partial charge < -0.3 is 0 Å². The summed E-state index contributed by atoms with van der Waals surface area (Å²) in [5, 5.41) is 0. The first-order valence-electron chi connectivity index (χ1n) is 5.79. The Kier molecular flexibility index (Phi) is 4.06. The molecule has 5 heteroatoms. The summed E-state index contributed by atoms with van der Waals surface area (Å²) >= 11 is 0. The quantitative estimate of drug-likeness (QED) is 0.629. The molecule has 0 atom stereocenters. The molecule has 2 aromatic rings. The molecule has 0 aromatic heterocycles. The van der Waals surface area contributed by atoms with Crippen LogP contribution in [-0.4, -0.2) is 14.7 Å². The number of hydrogen-bond acceptors (Lipinski definition) is 2. The maximum absolute atomic E-state index is 12.9. The molecule has 20 heavy (non-hydrogen) atoms. The molecular weight excluding hydrogens is 277 g/mol. The maximum atomic E-state index is 12.9. The van der Waals surface area contributed by atoms with Gasteiger partial charge in [-0.3, -0.25) is 0 Å². The average molecular weight is 289 g/mol. The van der Waals surface area contributed by atoms with Gasteiger partial charge in [-0.05, 0) is 42.3 Å². The molecule has 0 fully saturated rings. The highest BCUT2D eigenvalue weighted by atomic mass is 32.2. The molecule has 0 amide bonds. The van der Waals surface area contributed by atoms with Gasteiger partial charge in [0.25, 0.3) is 0 Å². The van der Waals surface area contributed by atoms with Crippen LogP contribution in [0.2, 0.25) is 0 Å². The van der Waals surface area contributed by atoms with Gasteiger partial charge in [0.05, 0.1) is 11.9 Å². The molecule has 2 rings (SSSR count). The van der Waals surface area contributed by atoms with E-state index in [1.165, 1.54) is 24.3 Å². The smallest absolute Gasteiger partial charge is 0.207 e. The van der Waals surface area contributed by atoms with E-state index >= 15 is 0 Å². The van der Waals surface area contributed by atoms with Gasteiger partial charge >= 0.3 is 0 Å². The van der Waals surface area contributed by atoms with Gasteiger partial charge in [-0.1, -0.05) is 18.2 Å². The summed E-state index contributed by atoms with van der Waals surface area (Å²) < 4.78 is 37.4. The van der Waals surface area contributed by atoms with Crippen molar-refractivity contribution in [3.63, 3.8) is 0 Å². The van der Waals surface area contributed by atoms with Crippen molar-refractivity contribution in [2.75, 3.05) is 10.6 Å². The van der Waals surface area contributed by atoms with Gasteiger partial charge in [0.2, 0.25) is 10.0 Å². The minimum atomic E-state index is -3.56. The zero-order valence-electron chi connectivity index (χ0n) is 10.7. The van der Waals surface area contributed by atoms with Crippen LogP contribution in [0.5, 0.6) is 0 Å². The van der Waals surface area contributed by atoms with E-state index in [-0.39, 0.29) is 0 Å². The molecule has 0 unspecified atom stereocenters. The number of rotatable bonds is 2. The SMILES string of the molecule is CS(=O)(=O)N(C#Cc1ccccc1)c1ccc(F)cc1. The summed E-state index contributed by atoms with van der Waals surface area (Å²) in [7, 11) is -3.56. The lowest BCUT2D eigenvalue weighted by Gasteiger charge is -2.14. The van der Waals surface area contributed by atoms with E-state index in [0.29, 0.717) is 11.3 Å². The summed E-state index contributed by atoms with van der Waals surface area (Å²) in [6.07, 6.45) is 1.05. The second kappa shape index (κ2) is 5.76. The predicted octanol–water partition coefficient (Wildman–Crippen LogP) is 2.60. The van der Waals surface area contributed by atoms with E-state index in [1.54, 1.807) is 12.1 Å². The second-order valence-corrected chi connectivity index (χ2v) is 5.94. The Bertz CT molecular complexity index is 744. The Hall–Kier alpha value is -2.32. The first-order chi connectivity index (χ1) is 9.47. The van der Waals surface area contributed by atoms with Gasteiger partial charge in [-0.25, -0.2) is 12.8 Å². The molecule has 0 aliphatic heterocycles. The third kappa shape index (κ3) is 3.59. The van der Waals surface area contributed by atoms with Crippen LogP contribution in [0.3, 0.4) is 0 Å². The molecule has 0 heterocycles. The van der Waals surface area contributed by atoms with E-state index < -0.39 is 15.8 Å². The van der Waals surface area contributed by atoms with Crippen LogP contribution in [0, 0.1) is 17.8 Å². The summed E-state index contributed by atoms with van der Waals surface area (Å²) in [4.78, 5) is 0. The monoisotopic (exact) mass is 289 g/mol. The third-order valence-corrected chi connectivity index (χ3v) is 3.43. The number of nitrogens with zero attached hydrogens (tertiary/aromatic N) is 1. The number of anilines is 1. The minimum absolute atomic E-state index is 0.303. The van der Waals surface area contributed by atoms with Crippen LogP contribution in [0.4, 0.5) is 10.1 Å². The third-order valence-electron chi connectivity index (χ3n) is 2.47. The lowest BCUT2D eigenvalue weighted by atomic mass is 10.2. The van der Waals surface area contributed by atoms with Crippen molar-refractivity contribution < 1.29 is 12.8 Å². The average Bonchev–Trinajstić information content (AvgIpc) is 2.41. The molecule has 0 radical (unpaired) electrons. The van der Waals surface area contributed by atoms with Gasteiger partial charge in [0.15, 0.2) is 0 Å². The molecule has 0 aliphatic carbocycles. The Balaban J connectivity index is 2.41.